The van der Waals surface area contributed by atoms with Crippen LogP contribution in [-0.4, -0.2) is 28.4 Å². The Morgan fingerprint density at radius 2 is 0.500 bits per heavy atom. The fourth-order valence-corrected chi connectivity index (χ4v) is 7.35. The lowest BCUT2D eigenvalue weighted by atomic mass is 9.76. The predicted octanol–water partition coefficient (Wildman–Crippen LogP) is 11.8. The van der Waals surface area contributed by atoms with Crippen LogP contribution < -0.4 is 18.9 Å². The summed E-state index contributed by atoms with van der Waals surface area (Å²) in [6.45, 7) is 0. The van der Waals surface area contributed by atoms with Gasteiger partial charge in [-0.25, -0.2) is 0 Å². The fraction of sp³-hybridized carbons (Fsp3) is 0.0870. The largest absolute Gasteiger partial charge is 0.497 e. The molecule has 4 heteroatoms. The molecule has 0 unspecified atom stereocenters. The average molecular weight is 653 g/mol. The molecule has 50 heavy (non-hydrogen) atoms. The zero-order valence-corrected chi connectivity index (χ0v) is 28.5. The van der Waals surface area contributed by atoms with E-state index in [0.717, 1.165) is 67.5 Å². The molecule has 0 saturated heterocycles. The molecule has 0 spiro atoms. The minimum absolute atomic E-state index is 0.804. The summed E-state index contributed by atoms with van der Waals surface area (Å²) >= 11 is 0. The molecule has 0 bridgehead atoms. The maximum Gasteiger partial charge on any atom is 0.118 e. The van der Waals surface area contributed by atoms with Crippen molar-refractivity contribution in [3.05, 3.63) is 146 Å². The number of hydrogen-bond donors (Lipinski definition) is 0. The Kier molecular flexibility index (Phi) is 8.06. The first kappa shape index (κ1) is 31.0. The summed E-state index contributed by atoms with van der Waals surface area (Å²) in [5.41, 5.74) is 8.91. The molecule has 0 saturated carbocycles. The average Bonchev–Trinajstić information content (AvgIpc) is 3.20. The van der Waals surface area contributed by atoms with Crippen LogP contribution in [-0.2, 0) is 0 Å². The molecule has 0 amide bonds. The van der Waals surface area contributed by atoms with Gasteiger partial charge >= 0.3 is 0 Å². The fourth-order valence-electron chi connectivity index (χ4n) is 7.35. The Balaban J connectivity index is 1.70. The Labute approximate surface area is 292 Å². The summed E-state index contributed by atoms with van der Waals surface area (Å²) in [5, 5.41) is 7.19. The maximum atomic E-state index is 5.64. The smallest absolute Gasteiger partial charge is 0.118 e. The van der Waals surface area contributed by atoms with Crippen LogP contribution >= 0.6 is 0 Å². The Hall–Kier alpha value is -6.26. The van der Waals surface area contributed by atoms with Crippen molar-refractivity contribution < 1.29 is 18.9 Å². The number of methoxy groups -OCH3 is 4. The van der Waals surface area contributed by atoms with E-state index in [1.807, 2.05) is 48.5 Å². The summed E-state index contributed by atoms with van der Waals surface area (Å²) in [5.74, 6) is 3.23. The van der Waals surface area contributed by atoms with Crippen LogP contribution in [0.1, 0.15) is 0 Å². The predicted molar refractivity (Wildman–Crippen MR) is 207 cm³/mol. The third-order valence-corrected chi connectivity index (χ3v) is 9.70. The van der Waals surface area contributed by atoms with Gasteiger partial charge < -0.3 is 18.9 Å². The van der Waals surface area contributed by atoms with Gasteiger partial charge in [-0.3, -0.25) is 0 Å². The van der Waals surface area contributed by atoms with Crippen molar-refractivity contribution in [2.45, 2.75) is 0 Å². The summed E-state index contributed by atoms with van der Waals surface area (Å²) < 4.78 is 22.5. The van der Waals surface area contributed by atoms with E-state index in [4.69, 9.17) is 18.9 Å². The van der Waals surface area contributed by atoms with E-state index < -0.39 is 0 Å². The molecule has 0 heterocycles. The second-order valence-corrected chi connectivity index (χ2v) is 12.3. The zero-order chi connectivity index (χ0) is 34.2. The van der Waals surface area contributed by atoms with Gasteiger partial charge in [-0.05, 0) is 125 Å². The zero-order valence-electron chi connectivity index (χ0n) is 28.5. The van der Waals surface area contributed by atoms with Gasteiger partial charge in [0.2, 0.25) is 0 Å². The van der Waals surface area contributed by atoms with Gasteiger partial charge in [0.05, 0.1) is 28.4 Å². The third kappa shape index (κ3) is 5.17. The summed E-state index contributed by atoms with van der Waals surface area (Å²) in [6.07, 6.45) is 0. The van der Waals surface area contributed by atoms with E-state index in [9.17, 15) is 0 Å². The molecular weight excluding hydrogens is 617 g/mol. The lowest BCUT2D eigenvalue weighted by molar-refractivity contribution is 0.414. The van der Waals surface area contributed by atoms with Gasteiger partial charge in [-0.1, -0.05) is 97.1 Å². The normalized spacial score (nSPS) is 11.2. The van der Waals surface area contributed by atoms with Crippen molar-refractivity contribution >= 4 is 32.3 Å². The van der Waals surface area contributed by atoms with E-state index in [1.165, 1.54) is 32.3 Å². The molecule has 8 aromatic rings. The molecule has 0 aliphatic heterocycles. The summed E-state index contributed by atoms with van der Waals surface area (Å²) in [4.78, 5) is 0. The first-order valence-corrected chi connectivity index (χ1v) is 16.6. The van der Waals surface area contributed by atoms with Gasteiger partial charge in [-0.15, -0.1) is 0 Å². The van der Waals surface area contributed by atoms with Crippen molar-refractivity contribution in [2.24, 2.45) is 0 Å². The quantitative estimate of drug-likeness (QED) is 0.153. The van der Waals surface area contributed by atoms with Gasteiger partial charge in [0.1, 0.15) is 23.0 Å². The molecule has 0 fully saturated rings. The number of fused-ring (bicyclic) bond motifs is 6. The molecule has 0 aliphatic rings. The molecule has 0 N–H and O–H groups in total. The van der Waals surface area contributed by atoms with Crippen molar-refractivity contribution in [3.8, 4) is 67.5 Å². The number of ether oxygens (including phenoxy) is 4. The Bertz CT molecular complexity index is 2300. The highest BCUT2D eigenvalue weighted by Crippen LogP contribution is 2.54. The van der Waals surface area contributed by atoms with Crippen LogP contribution in [0, 0.1) is 0 Å². The Morgan fingerprint density at radius 1 is 0.260 bits per heavy atom. The lowest BCUT2D eigenvalue weighted by Crippen LogP contribution is -1.99. The highest BCUT2D eigenvalue weighted by molar-refractivity contribution is 6.35. The SMILES string of the molecule is COc1ccc(-c2c(-c3ccc(OC)cc3)c(-c3ccc(OC)cc3)c3c4ccccc4c4ccccc4c3c2-c2ccc(OC)cc2)cc1. The van der Waals surface area contributed by atoms with Crippen LogP contribution in [0.3, 0.4) is 0 Å². The highest BCUT2D eigenvalue weighted by atomic mass is 16.5. The van der Waals surface area contributed by atoms with Crippen LogP contribution in [0.2, 0.25) is 0 Å². The summed E-state index contributed by atoms with van der Waals surface area (Å²) in [7, 11) is 6.82. The molecule has 8 rings (SSSR count). The third-order valence-electron chi connectivity index (χ3n) is 9.70. The topological polar surface area (TPSA) is 36.9 Å². The second kappa shape index (κ2) is 13.0. The molecule has 0 aromatic heterocycles. The Morgan fingerprint density at radius 3 is 0.760 bits per heavy atom. The van der Waals surface area contributed by atoms with Crippen LogP contribution in [0.15, 0.2) is 146 Å². The number of hydrogen-bond acceptors (Lipinski definition) is 4. The van der Waals surface area contributed by atoms with Crippen molar-refractivity contribution in [3.63, 3.8) is 0 Å². The van der Waals surface area contributed by atoms with Crippen LogP contribution in [0.5, 0.6) is 23.0 Å². The minimum atomic E-state index is 0.804. The molecule has 8 aromatic carbocycles. The molecule has 0 aliphatic carbocycles. The molecule has 0 atom stereocenters. The number of rotatable bonds is 8. The minimum Gasteiger partial charge on any atom is -0.497 e. The second-order valence-electron chi connectivity index (χ2n) is 12.3. The van der Waals surface area contributed by atoms with Crippen LogP contribution in [0.4, 0.5) is 0 Å². The highest BCUT2D eigenvalue weighted by Gasteiger charge is 2.27. The van der Waals surface area contributed by atoms with Crippen LogP contribution in [0.25, 0.3) is 76.8 Å². The monoisotopic (exact) mass is 652 g/mol. The van der Waals surface area contributed by atoms with Crippen molar-refractivity contribution in [1.29, 1.82) is 0 Å². The summed E-state index contributed by atoms with van der Waals surface area (Å²) in [6, 6.07) is 51.3. The van der Waals surface area contributed by atoms with E-state index in [0.29, 0.717) is 0 Å². The first-order valence-electron chi connectivity index (χ1n) is 16.6. The van der Waals surface area contributed by atoms with E-state index in [-0.39, 0.29) is 0 Å². The van der Waals surface area contributed by atoms with Crippen molar-refractivity contribution in [1.82, 2.24) is 0 Å². The van der Waals surface area contributed by atoms with Gasteiger partial charge in [-0.2, -0.15) is 0 Å². The first-order chi connectivity index (χ1) is 24.6. The molecule has 244 valence electrons. The van der Waals surface area contributed by atoms with E-state index in [2.05, 4.69) is 97.1 Å². The number of benzene rings is 8. The molecule has 0 radical (unpaired) electrons. The van der Waals surface area contributed by atoms with Gasteiger partial charge in [0, 0.05) is 0 Å². The van der Waals surface area contributed by atoms with E-state index >= 15 is 0 Å². The van der Waals surface area contributed by atoms with Gasteiger partial charge in [0.25, 0.3) is 0 Å². The molecule has 4 nitrogen and oxygen atoms in total. The molecular formula is C46H36O4. The standard InChI is InChI=1S/C46H36O4/c1-47-33-21-13-29(14-22-33)41-42(30-15-23-34(48-2)24-16-30)44(32-19-27-36(50-4)28-20-32)46-40-12-8-6-10-38(40)37-9-5-7-11-39(37)45(46)43(41)31-17-25-35(49-3)26-18-31/h5-28H,1-4H3. The van der Waals surface area contributed by atoms with E-state index in [1.54, 1.807) is 28.4 Å². The maximum absolute atomic E-state index is 5.64. The van der Waals surface area contributed by atoms with Gasteiger partial charge in [0.15, 0.2) is 0 Å². The van der Waals surface area contributed by atoms with Crippen molar-refractivity contribution in [2.75, 3.05) is 28.4 Å². The lowest BCUT2D eigenvalue weighted by Gasteiger charge is -2.26.